The van der Waals surface area contributed by atoms with Crippen molar-refractivity contribution in [3.8, 4) is 0 Å². The van der Waals surface area contributed by atoms with E-state index in [0.29, 0.717) is 11.3 Å². The quantitative estimate of drug-likeness (QED) is 0.730. The van der Waals surface area contributed by atoms with Crippen LogP contribution in [0.1, 0.15) is 52.0 Å². The first-order valence-corrected chi connectivity index (χ1v) is 5.34. The van der Waals surface area contributed by atoms with Crippen LogP contribution in [0, 0.1) is 5.41 Å². The van der Waals surface area contributed by atoms with Gasteiger partial charge in [-0.15, -0.1) is 0 Å². The third-order valence-electron chi connectivity index (χ3n) is 3.17. The summed E-state index contributed by atoms with van der Waals surface area (Å²) in [5, 5.41) is 7.74. The largest absolute Gasteiger partial charge is 0.159 e. The number of hydrogen-bond acceptors (Lipinski definition) is 2. The molecule has 0 N–H and O–H groups in total. The Labute approximate surface area is 86.8 Å². The molecule has 2 nitrogen and oxygen atoms in total. The molecular weight excluding hydrogens is 172 g/mol. The molecule has 0 fully saturated rings. The Bertz CT molecular complexity index is 267. The molecule has 1 unspecified atom stereocenters. The molecule has 78 valence electrons. The maximum absolute atomic E-state index is 3.93. The predicted molar refractivity (Wildman–Crippen MR) is 59.1 cm³/mol. The SMILES string of the molecule is CCCC(C)(C)C(C)c1ccnnc1. The molecule has 0 aromatic carbocycles. The number of rotatable bonds is 4. The summed E-state index contributed by atoms with van der Waals surface area (Å²) in [4.78, 5) is 0. The second-order valence-electron chi connectivity index (χ2n) is 4.64. The van der Waals surface area contributed by atoms with Crippen molar-refractivity contribution in [3.63, 3.8) is 0 Å². The lowest BCUT2D eigenvalue weighted by molar-refractivity contribution is 0.272. The highest BCUT2D eigenvalue weighted by atomic mass is 15.1. The molecule has 0 aliphatic carbocycles. The lowest BCUT2D eigenvalue weighted by atomic mass is 9.74. The highest BCUT2D eigenvalue weighted by molar-refractivity contribution is 5.14. The maximum atomic E-state index is 3.93. The lowest BCUT2D eigenvalue weighted by Gasteiger charge is -2.31. The van der Waals surface area contributed by atoms with Crippen molar-refractivity contribution in [1.82, 2.24) is 10.2 Å². The number of hydrogen-bond donors (Lipinski definition) is 0. The molecular formula is C12H20N2. The predicted octanol–water partition coefficient (Wildman–Crippen LogP) is 3.41. The molecule has 0 saturated carbocycles. The minimum absolute atomic E-state index is 0.345. The average Bonchev–Trinajstić information content (AvgIpc) is 2.18. The Balaban J connectivity index is 2.79. The Morgan fingerprint density at radius 3 is 2.57 bits per heavy atom. The monoisotopic (exact) mass is 192 g/mol. The molecule has 0 spiro atoms. The van der Waals surface area contributed by atoms with Gasteiger partial charge in [0, 0.05) is 6.20 Å². The molecule has 0 saturated heterocycles. The summed E-state index contributed by atoms with van der Waals surface area (Å²) in [6, 6.07) is 2.06. The molecule has 14 heavy (non-hydrogen) atoms. The fourth-order valence-electron chi connectivity index (χ4n) is 1.87. The standard InChI is InChI=1S/C12H20N2/c1-5-7-12(3,4)10(2)11-6-8-13-14-9-11/h6,8-10H,5,7H2,1-4H3. The fraction of sp³-hybridized carbons (Fsp3) is 0.667. The Kier molecular flexibility index (Phi) is 3.62. The van der Waals surface area contributed by atoms with Crippen LogP contribution in [0.15, 0.2) is 18.5 Å². The molecule has 0 aliphatic rings. The molecule has 2 heteroatoms. The Hall–Kier alpha value is -0.920. The van der Waals surface area contributed by atoms with Gasteiger partial charge in [-0.25, -0.2) is 0 Å². The third-order valence-corrected chi connectivity index (χ3v) is 3.17. The van der Waals surface area contributed by atoms with E-state index in [1.807, 2.05) is 6.20 Å². The van der Waals surface area contributed by atoms with Crippen LogP contribution in [0.3, 0.4) is 0 Å². The highest BCUT2D eigenvalue weighted by Gasteiger charge is 2.26. The first kappa shape index (κ1) is 11.2. The zero-order valence-electron chi connectivity index (χ0n) is 9.62. The van der Waals surface area contributed by atoms with E-state index >= 15 is 0 Å². The first-order valence-electron chi connectivity index (χ1n) is 5.34. The van der Waals surface area contributed by atoms with Gasteiger partial charge in [0.2, 0.25) is 0 Å². The van der Waals surface area contributed by atoms with E-state index in [9.17, 15) is 0 Å². The molecule has 0 bridgehead atoms. The molecule has 0 radical (unpaired) electrons. The molecule has 0 amide bonds. The van der Waals surface area contributed by atoms with Crippen LogP contribution >= 0.6 is 0 Å². The average molecular weight is 192 g/mol. The summed E-state index contributed by atoms with van der Waals surface area (Å²) in [7, 11) is 0. The molecule has 0 aliphatic heterocycles. The van der Waals surface area contributed by atoms with Crippen molar-refractivity contribution >= 4 is 0 Å². The van der Waals surface area contributed by atoms with Crippen molar-refractivity contribution in [1.29, 1.82) is 0 Å². The van der Waals surface area contributed by atoms with E-state index in [1.54, 1.807) is 6.20 Å². The normalized spacial score (nSPS) is 14.0. The summed E-state index contributed by atoms with van der Waals surface area (Å²) in [6.45, 7) is 9.15. The maximum Gasteiger partial charge on any atom is 0.0531 e. The van der Waals surface area contributed by atoms with Gasteiger partial charge in [0.05, 0.1) is 6.20 Å². The Morgan fingerprint density at radius 1 is 1.36 bits per heavy atom. The van der Waals surface area contributed by atoms with Crippen LogP contribution in [0.5, 0.6) is 0 Å². The van der Waals surface area contributed by atoms with Gasteiger partial charge in [-0.05, 0) is 29.4 Å². The summed E-state index contributed by atoms with van der Waals surface area (Å²) in [5.41, 5.74) is 1.64. The topological polar surface area (TPSA) is 25.8 Å². The van der Waals surface area contributed by atoms with Crippen LogP contribution < -0.4 is 0 Å². The second kappa shape index (κ2) is 4.54. The third kappa shape index (κ3) is 2.53. The smallest absolute Gasteiger partial charge is 0.0531 e. The van der Waals surface area contributed by atoms with Gasteiger partial charge < -0.3 is 0 Å². The van der Waals surface area contributed by atoms with Crippen molar-refractivity contribution in [3.05, 3.63) is 24.0 Å². The van der Waals surface area contributed by atoms with Gasteiger partial charge in [-0.3, -0.25) is 0 Å². The van der Waals surface area contributed by atoms with Gasteiger partial charge in [-0.1, -0.05) is 34.1 Å². The second-order valence-corrected chi connectivity index (χ2v) is 4.64. The van der Waals surface area contributed by atoms with Gasteiger partial charge >= 0.3 is 0 Å². The van der Waals surface area contributed by atoms with Gasteiger partial charge in [0.15, 0.2) is 0 Å². The Morgan fingerprint density at radius 2 is 2.07 bits per heavy atom. The summed E-state index contributed by atoms with van der Waals surface area (Å²) >= 11 is 0. The fourth-order valence-corrected chi connectivity index (χ4v) is 1.87. The number of nitrogens with zero attached hydrogens (tertiary/aromatic N) is 2. The zero-order valence-corrected chi connectivity index (χ0v) is 9.62. The molecule has 1 heterocycles. The summed E-state index contributed by atoms with van der Waals surface area (Å²) in [6.07, 6.45) is 6.13. The zero-order chi connectivity index (χ0) is 10.6. The van der Waals surface area contributed by atoms with Crippen molar-refractivity contribution < 1.29 is 0 Å². The van der Waals surface area contributed by atoms with E-state index < -0.39 is 0 Å². The minimum atomic E-state index is 0.345. The van der Waals surface area contributed by atoms with E-state index in [-0.39, 0.29) is 0 Å². The van der Waals surface area contributed by atoms with Crippen LogP contribution in [-0.4, -0.2) is 10.2 Å². The molecule has 1 atom stereocenters. The minimum Gasteiger partial charge on any atom is -0.159 e. The summed E-state index contributed by atoms with van der Waals surface area (Å²) < 4.78 is 0. The van der Waals surface area contributed by atoms with E-state index in [2.05, 4.69) is 44.0 Å². The first-order chi connectivity index (χ1) is 6.58. The van der Waals surface area contributed by atoms with Crippen molar-refractivity contribution in [2.45, 2.75) is 46.5 Å². The van der Waals surface area contributed by atoms with Gasteiger partial charge in [0.1, 0.15) is 0 Å². The van der Waals surface area contributed by atoms with Crippen LogP contribution in [0.25, 0.3) is 0 Å². The van der Waals surface area contributed by atoms with Crippen molar-refractivity contribution in [2.24, 2.45) is 5.41 Å². The number of aromatic nitrogens is 2. The molecule has 1 aromatic rings. The molecule has 1 aromatic heterocycles. The van der Waals surface area contributed by atoms with Crippen LogP contribution in [0.2, 0.25) is 0 Å². The molecule has 1 rings (SSSR count). The van der Waals surface area contributed by atoms with E-state index in [0.717, 1.165) is 0 Å². The summed E-state index contributed by atoms with van der Waals surface area (Å²) in [5.74, 6) is 0.540. The van der Waals surface area contributed by atoms with Crippen molar-refractivity contribution in [2.75, 3.05) is 0 Å². The van der Waals surface area contributed by atoms with Gasteiger partial charge in [0.25, 0.3) is 0 Å². The lowest BCUT2D eigenvalue weighted by Crippen LogP contribution is -2.19. The highest BCUT2D eigenvalue weighted by Crippen LogP contribution is 2.38. The van der Waals surface area contributed by atoms with Gasteiger partial charge in [-0.2, -0.15) is 10.2 Å². The van der Waals surface area contributed by atoms with Crippen LogP contribution in [-0.2, 0) is 0 Å². The van der Waals surface area contributed by atoms with E-state index in [4.69, 9.17) is 0 Å². The van der Waals surface area contributed by atoms with Crippen LogP contribution in [0.4, 0.5) is 0 Å². The van der Waals surface area contributed by atoms with E-state index in [1.165, 1.54) is 18.4 Å².